The zero-order valence-corrected chi connectivity index (χ0v) is 15.2. The number of nitrogens with one attached hydrogen (secondary N) is 1. The average Bonchev–Trinajstić information content (AvgIpc) is 3.13. The first-order valence-corrected chi connectivity index (χ1v) is 8.74. The third-order valence-electron chi connectivity index (χ3n) is 4.40. The summed E-state index contributed by atoms with van der Waals surface area (Å²) in [7, 11) is 3.83. The molecule has 0 bridgehead atoms. The molecule has 0 spiro atoms. The Kier molecular flexibility index (Phi) is 3.87. The highest BCUT2D eigenvalue weighted by Gasteiger charge is 2.23. The van der Waals surface area contributed by atoms with Gasteiger partial charge in [0.2, 0.25) is 0 Å². The number of hydrogen-bond acceptors (Lipinski definition) is 6. The predicted octanol–water partition coefficient (Wildman–Crippen LogP) is 1.94. The van der Waals surface area contributed by atoms with Crippen LogP contribution in [-0.4, -0.2) is 48.7 Å². The third-order valence-corrected chi connectivity index (χ3v) is 4.95. The maximum atomic E-state index is 4.44. The molecule has 9 heteroatoms. The molecule has 24 heavy (non-hydrogen) atoms. The van der Waals surface area contributed by atoms with Crippen LogP contribution in [0.25, 0.3) is 11.0 Å². The fraction of sp³-hybridized carbons (Fsp3) is 0.467. The maximum absolute atomic E-state index is 4.44. The Morgan fingerprint density at radius 2 is 2.17 bits per heavy atom. The number of halogens is 1. The van der Waals surface area contributed by atoms with Gasteiger partial charge in [-0.15, -0.1) is 0 Å². The zero-order chi connectivity index (χ0) is 16.7. The smallest absolute Gasteiger partial charge is 0.164 e. The minimum absolute atomic E-state index is 0.323. The van der Waals surface area contributed by atoms with Gasteiger partial charge in [0.15, 0.2) is 5.65 Å². The molecule has 1 unspecified atom stereocenters. The summed E-state index contributed by atoms with van der Waals surface area (Å²) in [5, 5.41) is 13.2. The maximum Gasteiger partial charge on any atom is 0.164 e. The molecule has 0 saturated carbocycles. The first-order chi connectivity index (χ1) is 11.6. The van der Waals surface area contributed by atoms with Crippen molar-refractivity contribution in [3.63, 3.8) is 0 Å². The van der Waals surface area contributed by atoms with Crippen LogP contribution in [0, 0.1) is 0 Å². The highest BCUT2D eigenvalue weighted by atomic mass is 79.9. The van der Waals surface area contributed by atoms with E-state index in [0.29, 0.717) is 6.04 Å². The van der Waals surface area contributed by atoms with E-state index >= 15 is 0 Å². The summed E-state index contributed by atoms with van der Waals surface area (Å²) in [6, 6.07) is 0.323. The molecule has 4 rings (SSSR count). The van der Waals surface area contributed by atoms with Crippen molar-refractivity contribution in [2.24, 2.45) is 14.1 Å². The minimum atomic E-state index is 0.323. The first kappa shape index (κ1) is 15.4. The van der Waals surface area contributed by atoms with Gasteiger partial charge < -0.3 is 10.2 Å². The third kappa shape index (κ3) is 2.72. The lowest BCUT2D eigenvalue weighted by molar-refractivity contribution is 0.529. The number of aromatic nitrogens is 6. The summed E-state index contributed by atoms with van der Waals surface area (Å²) < 4.78 is 4.37. The van der Waals surface area contributed by atoms with Crippen LogP contribution in [0.2, 0.25) is 0 Å². The molecule has 1 atom stereocenters. The first-order valence-electron chi connectivity index (χ1n) is 7.95. The van der Waals surface area contributed by atoms with Crippen LogP contribution in [0.4, 0.5) is 11.5 Å². The Hall–Kier alpha value is -2.16. The molecule has 1 aliphatic rings. The molecule has 1 N–H and O–H groups in total. The van der Waals surface area contributed by atoms with Gasteiger partial charge in [0.05, 0.1) is 17.3 Å². The molecule has 3 aromatic heterocycles. The van der Waals surface area contributed by atoms with Crippen molar-refractivity contribution in [1.82, 2.24) is 29.5 Å². The lowest BCUT2D eigenvalue weighted by atomic mass is 10.1. The lowest BCUT2D eigenvalue weighted by Crippen LogP contribution is -2.42. The molecular formula is C15H19BrN8. The highest BCUT2D eigenvalue weighted by Crippen LogP contribution is 2.28. The molecule has 0 aromatic carbocycles. The van der Waals surface area contributed by atoms with Gasteiger partial charge in [-0.25, -0.2) is 14.6 Å². The van der Waals surface area contributed by atoms with Crippen molar-refractivity contribution in [1.29, 1.82) is 0 Å². The molecule has 0 aliphatic carbocycles. The highest BCUT2D eigenvalue weighted by molar-refractivity contribution is 9.10. The summed E-state index contributed by atoms with van der Waals surface area (Å²) >= 11 is 3.51. The van der Waals surface area contributed by atoms with Crippen LogP contribution in [0.5, 0.6) is 0 Å². The summed E-state index contributed by atoms with van der Waals surface area (Å²) in [5.41, 5.74) is 1.98. The van der Waals surface area contributed by atoms with Crippen LogP contribution < -0.4 is 10.2 Å². The topological polar surface area (TPSA) is 76.7 Å². The van der Waals surface area contributed by atoms with E-state index in [1.807, 2.05) is 25.0 Å². The van der Waals surface area contributed by atoms with E-state index in [9.17, 15) is 0 Å². The van der Waals surface area contributed by atoms with E-state index in [-0.39, 0.29) is 0 Å². The van der Waals surface area contributed by atoms with E-state index in [2.05, 4.69) is 52.5 Å². The number of rotatable bonds is 3. The predicted molar refractivity (Wildman–Crippen MR) is 96.1 cm³/mol. The number of fused-ring (bicyclic) bond motifs is 1. The lowest BCUT2D eigenvalue weighted by Gasteiger charge is -2.34. The fourth-order valence-corrected chi connectivity index (χ4v) is 3.85. The van der Waals surface area contributed by atoms with Gasteiger partial charge in [0, 0.05) is 39.4 Å². The summed E-state index contributed by atoms with van der Waals surface area (Å²) in [4.78, 5) is 11.1. The van der Waals surface area contributed by atoms with Gasteiger partial charge in [-0.3, -0.25) is 4.68 Å². The standard InChI is InChI=1S/C15H19BrN8/c1-22-8-11(6-19-22)24-5-3-4-10(7-24)20-14-12-13(16)21-23(2)15(12)18-9-17-14/h6,8-10H,3-5,7H2,1-2H3,(H,17,18,20). The van der Waals surface area contributed by atoms with Gasteiger partial charge >= 0.3 is 0 Å². The van der Waals surface area contributed by atoms with Gasteiger partial charge in [-0.2, -0.15) is 10.2 Å². The van der Waals surface area contributed by atoms with Crippen molar-refractivity contribution in [3.8, 4) is 0 Å². The number of hydrogen-bond donors (Lipinski definition) is 1. The Bertz CT molecular complexity index is 870. The molecule has 0 amide bonds. The molecule has 1 aliphatic heterocycles. The van der Waals surface area contributed by atoms with Gasteiger partial charge in [0.25, 0.3) is 0 Å². The monoisotopic (exact) mass is 390 g/mol. The fourth-order valence-electron chi connectivity index (χ4n) is 3.24. The Morgan fingerprint density at radius 3 is 2.96 bits per heavy atom. The van der Waals surface area contributed by atoms with Crippen LogP contribution >= 0.6 is 15.9 Å². The van der Waals surface area contributed by atoms with Crippen molar-refractivity contribution < 1.29 is 0 Å². The molecular weight excluding hydrogens is 372 g/mol. The second kappa shape index (κ2) is 6.04. The molecule has 1 saturated heterocycles. The second-order valence-corrected chi connectivity index (χ2v) is 6.89. The van der Waals surface area contributed by atoms with Crippen molar-refractivity contribution in [2.75, 3.05) is 23.3 Å². The second-order valence-electron chi connectivity index (χ2n) is 6.14. The van der Waals surface area contributed by atoms with E-state index in [1.54, 1.807) is 11.0 Å². The molecule has 3 aromatic rings. The zero-order valence-electron chi connectivity index (χ0n) is 13.6. The Morgan fingerprint density at radius 1 is 1.29 bits per heavy atom. The van der Waals surface area contributed by atoms with Crippen LogP contribution in [0.1, 0.15) is 12.8 Å². The van der Waals surface area contributed by atoms with Crippen LogP contribution in [0.15, 0.2) is 23.3 Å². The number of aryl methyl sites for hydroxylation is 2. The quantitative estimate of drug-likeness (QED) is 0.736. The van der Waals surface area contributed by atoms with E-state index in [0.717, 1.165) is 47.4 Å². The largest absolute Gasteiger partial charge is 0.367 e. The van der Waals surface area contributed by atoms with Gasteiger partial charge in [-0.05, 0) is 28.8 Å². The summed E-state index contributed by atoms with van der Waals surface area (Å²) in [5.74, 6) is 0.831. The molecule has 4 heterocycles. The number of anilines is 2. The van der Waals surface area contributed by atoms with Crippen molar-refractivity contribution >= 4 is 38.5 Å². The van der Waals surface area contributed by atoms with Crippen LogP contribution in [-0.2, 0) is 14.1 Å². The summed E-state index contributed by atoms with van der Waals surface area (Å²) in [6.45, 7) is 1.98. The van der Waals surface area contributed by atoms with Crippen molar-refractivity contribution in [2.45, 2.75) is 18.9 Å². The molecule has 1 fully saturated rings. The van der Waals surface area contributed by atoms with Crippen molar-refractivity contribution in [3.05, 3.63) is 23.3 Å². The Balaban J connectivity index is 1.57. The van der Waals surface area contributed by atoms with E-state index < -0.39 is 0 Å². The SMILES string of the molecule is Cn1cc(N2CCCC(Nc3ncnc4c3c(Br)nn4C)C2)cn1. The summed E-state index contributed by atoms with van der Waals surface area (Å²) in [6.07, 6.45) is 7.81. The average molecular weight is 391 g/mol. The minimum Gasteiger partial charge on any atom is -0.367 e. The molecule has 126 valence electrons. The Labute approximate surface area is 148 Å². The van der Waals surface area contributed by atoms with E-state index in [4.69, 9.17) is 0 Å². The number of nitrogens with zero attached hydrogens (tertiary/aromatic N) is 7. The van der Waals surface area contributed by atoms with Gasteiger partial charge in [-0.1, -0.05) is 0 Å². The van der Waals surface area contributed by atoms with E-state index in [1.165, 1.54) is 5.69 Å². The number of piperidine rings is 1. The molecule has 8 nitrogen and oxygen atoms in total. The molecule has 0 radical (unpaired) electrons. The van der Waals surface area contributed by atoms with Crippen LogP contribution in [0.3, 0.4) is 0 Å². The van der Waals surface area contributed by atoms with Gasteiger partial charge in [0.1, 0.15) is 16.7 Å². The normalized spacial score (nSPS) is 18.3.